The molecular formula is C37H49N4O8P. The molecule has 1 aliphatic rings. The van der Waals surface area contributed by atoms with E-state index >= 15 is 0 Å². The minimum atomic E-state index is -5.09. The molecule has 1 fully saturated rings. The second-order valence-corrected chi connectivity index (χ2v) is 14.3. The van der Waals surface area contributed by atoms with E-state index < -0.39 is 43.9 Å². The number of hydrogen-bond donors (Lipinski definition) is 5. The Hall–Kier alpha value is -4.22. The van der Waals surface area contributed by atoms with E-state index in [0.717, 1.165) is 22.3 Å². The predicted octanol–water partition coefficient (Wildman–Crippen LogP) is 4.45. The number of carbonyl (C=O) groups excluding carboxylic acids is 3. The molecule has 0 unspecified atom stereocenters. The Morgan fingerprint density at radius 2 is 1.50 bits per heavy atom. The van der Waals surface area contributed by atoms with Gasteiger partial charge in [-0.05, 0) is 67.7 Å². The van der Waals surface area contributed by atoms with Crippen molar-refractivity contribution in [1.82, 2.24) is 20.9 Å². The highest BCUT2D eigenvalue weighted by Crippen LogP contribution is 2.40. The molecule has 0 bridgehead atoms. The van der Waals surface area contributed by atoms with Gasteiger partial charge in [0.25, 0.3) is 5.91 Å². The van der Waals surface area contributed by atoms with Gasteiger partial charge in [-0.2, -0.15) is 0 Å². The molecule has 0 radical (unpaired) electrons. The molecule has 3 aromatic carbocycles. The van der Waals surface area contributed by atoms with Crippen LogP contribution in [0.2, 0.25) is 0 Å². The van der Waals surface area contributed by atoms with Crippen LogP contribution >= 0.6 is 7.82 Å². The van der Waals surface area contributed by atoms with Crippen molar-refractivity contribution in [3.63, 3.8) is 0 Å². The van der Waals surface area contributed by atoms with E-state index in [4.69, 9.17) is 9.26 Å². The van der Waals surface area contributed by atoms with Gasteiger partial charge in [0.2, 0.25) is 5.91 Å². The highest BCUT2D eigenvalue weighted by molar-refractivity contribution is 7.46. The van der Waals surface area contributed by atoms with E-state index in [1.807, 2.05) is 107 Å². The molecule has 0 aromatic heterocycles. The predicted molar refractivity (Wildman–Crippen MR) is 190 cm³/mol. The lowest BCUT2D eigenvalue weighted by Gasteiger charge is -2.37. The number of benzene rings is 3. The number of carbonyl (C=O) groups is 3. The van der Waals surface area contributed by atoms with Crippen LogP contribution < -0.4 is 20.7 Å². The first-order valence-electron chi connectivity index (χ1n) is 17.0. The van der Waals surface area contributed by atoms with Crippen LogP contribution in [0.3, 0.4) is 0 Å². The number of amides is 4. The summed E-state index contributed by atoms with van der Waals surface area (Å²) in [5.41, 5.74) is 3.40. The Kier molecular flexibility index (Phi) is 14.0. The first-order chi connectivity index (χ1) is 23.8. The van der Waals surface area contributed by atoms with Gasteiger partial charge in [-0.25, -0.2) is 9.36 Å². The fraction of sp³-hybridized carbons (Fsp3) is 0.432. The van der Waals surface area contributed by atoms with Crippen LogP contribution in [0.1, 0.15) is 48.9 Å². The van der Waals surface area contributed by atoms with E-state index in [1.54, 1.807) is 0 Å². The highest BCUT2D eigenvalue weighted by Gasteiger charge is 2.37. The second-order valence-electron chi connectivity index (χ2n) is 13.1. The largest absolute Gasteiger partial charge is 0.483 e. The molecule has 12 nitrogen and oxygen atoms in total. The van der Waals surface area contributed by atoms with Crippen LogP contribution in [0, 0.1) is 19.8 Å². The number of aryl methyl sites for hydroxylation is 2. The van der Waals surface area contributed by atoms with Crippen molar-refractivity contribution in [2.75, 3.05) is 19.7 Å². The minimum absolute atomic E-state index is 0.0711. The highest BCUT2D eigenvalue weighted by atomic mass is 31.2. The van der Waals surface area contributed by atoms with Gasteiger partial charge in [0.15, 0.2) is 6.61 Å². The number of nitrogens with one attached hydrogen (secondary N) is 3. The fourth-order valence-corrected chi connectivity index (χ4v) is 6.98. The SMILES string of the molecule is Cc1cccc(C)c1OCC(=O)N[C@@H](Cc1ccccc1)[C@H](C[C@@H](Cc1ccccc1)NC(=O)[C@H](C(C)C)N1CCCNC1=O)OP(=O)(O)O. The molecule has 0 saturated carbocycles. The lowest BCUT2D eigenvalue weighted by Crippen LogP contribution is -2.59. The summed E-state index contributed by atoms with van der Waals surface area (Å²) in [5.74, 6) is -0.538. The molecule has 0 aliphatic carbocycles. The van der Waals surface area contributed by atoms with Crippen molar-refractivity contribution in [1.29, 1.82) is 0 Å². The normalized spacial score (nSPS) is 15.8. The Balaban J connectivity index is 1.64. The number of rotatable bonds is 17. The van der Waals surface area contributed by atoms with Crippen LogP contribution in [-0.2, 0) is 31.5 Å². The monoisotopic (exact) mass is 708 g/mol. The maximum atomic E-state index is 14.0. The maximum Gasteiger partial charge on any atom is 0.469 e. The Morgan fingerprint density at radius 1 is 0.900 bits per heavy atom. The van der Waals surface area contributed by atoms with Crippen molar-refractivity contribution < 1.29 is 38.0 Å². The standard InChI is InChI=1S/C37H49N4O8P/c1-25(2)34(41-20-12-19-38-37(41)44)36(43)39-30(21-28-15-7-5-8-16-28)23-32(49-50(45,46)47)31(22-29-17-9-6-10-18-29)40-33(42)24-48-35-26(3)13-11-14-27(35)4/h5-11,13-18,25,30-32,34H,12,19-24H2,1-4H3,(H,38,44)(H,39,43)(H,40,42)(H2,45,46,47)/t30-,31+,32+,34+/m1/s1. The second kappa shape index (κ2) is 18.1. The number of ether oxygens (including phenoxy) is 1. The Bertz CT molecular complexity index is 1600. The van der Waals surface area contributed by atoms with E-state index in [1.165, 1.54) is 4.90 Å². The zero-order chi connectivity index (χ0) is 36.3. The van der Waals surface area contributed by atoms with Crippen molar-refractivity contribution in [2.45, 2.75) is 77.6 Å². The minimum Gasteiger partial charge on any atom is -0.483 e. The topological polar surface area (TPSA) is 167 Å². The van der Waals surface area contributed by atoms with Crippen molar-refractivity contribution in [3.8, 4) is 5.75 Å². The van der Waals surface area contributed by atoms with Gasteiger partial charge in [-0.15, -0.1) is 0 Å². The molecule has 50 heavy (non-hydrogen) atoms. The Labute approximate surface area is 294 Å². The first kappa shape index (κ1) is 38.6. The summed E-state index contributed by atoms with van der Waals surface area (Å²) in [6.45, 7) is 8.11. The van der Waals surface area contributed by atoms with Gasteiger partial charge in [0.05, 0.1) is 12.1 Å². The number of para-hydroxylation sites is 1. The van der Waals surface area contributed by atoms with Gasteiger partial charge < -0.3 is 35.4 Å². The summed E-state index contributed by atoms with van der Waals surface area (Å²) in [7, 11) is -5.09. The number of nitrogens with zero attached hydrogens (tertiary/aromatic N) is 1. The lowest BCUT2D eigenvalue weighted by atomic mass is 9.92. The molecule has 4 atom stereocenters. The number of phosphoric ester groups is 1. The summed E-state index contributed by atoms with van der Waals surface area (Å²) in [5, 5.41) is 8.80. The van der Waals surface area contributed by atoms with E-state index in [2.05, 4.69) is 16.0 Å². The van der Waals surface area contributed by atoms with Gasteiger partial charge >= 0.3 is 13.9 Å². The fourth-order valence-electron chi connectivity index (χ4n) is 6.39. The van der Waals surface area contributed by atoms with Gasteiger partial charge in [0, 0.05) is 19.1 Å². The van der Waals surface area contributed by atoms with Crippen LogP contribution in [-0.4, -0.2) is 76.5 Å². The molecule has 1 aliphatic heterocycles. The van der Waals surface area contributed by atoms with E-state index in [-0.39, 0.29) is 31.4 Å². The first-order valence-corrected chi connectivity index (χ1v) is 18.5. The molecule has 13 heteroatoms. The quantitative estimate of drug-likeness (QED) is 0.128. The molecule has 3 aromatic rings. The molecule has 5 N–H and O–H groups in total. The zero-order valence-electron chi connectivity index (χ0n) is 29.1. The Morgan fingerprint density at radius 3 is 2.06 bits per heavy atom. The van der Waals surface area contributed by atoms with Crippen LogP contribution in [0.15, 0.2) is 78.9 Å². The maximum absolute atomic E-state index is 14.0. The van der Waals surface area contributed by atoms with E-state index in [9.17, 15) is 28.7 Å². The molecular weight excluding hydrogens is 659 g/mol. The summed E-state index contributed by atoms with van der Waals surface area (Å²) in [6, 6.07) is 21.5. The molecule has 4 amide bonds. The molecule has 4 rings (SSSR count). The summed E-state index contributed by atoms with van der Waals surface area (Å²) in [4.78, 5) is 62.0. The van der Waals surface area contributed by atoms with Crippen LogP contribution in [0.4, 0.5) is 4.79 Å². The number of urea groups is 1. The van der Waals surface area contributed by atoms with Crippen LogP contribution in [0.25, 0.3) is 0 Å². The molecule has 1 saturated heterocycles. The third-order valence-electron chi connectivity index (χ3n) is 8.66. The van der Waals surface area contributed by atoms with Gasteiger partial charge in [0.1, 0.15) is 11.8 Å². The van der Waals surface area contributed by atoms with Gasteiger partial charge in [-0.1, -0.05) is 92.7 Å². The average molecular weight is 709 g/mol. The third-order valence-corrected chi connectivity index (χ3v) is 9.20. The van der Waals surface area contributed by atoms with Crippen LogP contribution in [0.5, 0.6) is 5.75 Å². The average Bonchev–Trinajstić information content (AvgIpc) is 3.05. The zero-order valence-corrected chi connectivity index (χ0v) is 30.0. The van der Waals surface area contributed by atoms with Crippen molar-refractivity contribution in [3.05, 3.63) is 101 Å². The molecule has 1 heterocycles. The number of hydrogen-bond acceptors (Lipinski definition) is 6. The van der Waals surface area contributed by atoms with Gasteiger partial charge in [-0.3, -0.25) is 14.1 Å². The smallest absolute Gasteiger partial charge is 0.469 e. The summed E-state index contributed by atoms with van der Waals surface area (Å²) < 4.78 is 23.8. The summed E-state index contributed by atoms with van der Waals surface area (Å²) >= 11 is 0. The molecule has 270 valence electrons. The van der Waals surface area contributed by atoms with Crippen molar-refractivity contribution in [2.24, 2.45) is 5.92 Å². The lowest BCUT2D eigenvalue weighted by molar-refractivity contribution is -0.128. The molecule has 0 spiro atoms. The summed E-state index contributed by atoms with van der Waals surface area (Å²) in [6.07, 6.45) is -0.147. The number of phosphoric acid groups is 1. The van der Waals surface area contributed by atoms with E-state index in [0.29, 0.717) is 31.7 Å². The van der Waals surface area contributed by atoms with Crippen molar-refractivity contribution >= 4 is 25.7 Å². The third kappa shape index (κ3) is 11.7.